The number of nitrogens with one attached hydrogen (secondary N) is 3. The van der Waals surface area contributed by atoms with Crippen LogP contribution in [0, 0.1) is 13.8 Å². The lowest BCUT2D eigenvalue weighted by Crippen LogP contribution is -2.13. The number of amides is 1. The number of aryl methyl sites for hydroxylation is 3. The lowest BCUT2D eigenvalue weighted by Gasteiger charge is -2.10. The van der Waals surface area contributed by atoms with Crippen LogP contribution in [0.5, 0.6) is 0 Å². The molecule has 4 aromatic rings. The van der Waals surface area contributed by atoms with Crippen molar-refractivity contribution in [2.24, 2.45) is 0 Å². The second kappa shape index (κ2) is 9.25. The fraction of sp³-hybridized carbons (Fsp3) is 0.174. The van der Waals surface area contributed by atoms with Crippen molar-refractivity contribution in [2.75, 3.05) is 16.0 Å². The number of carbonyl (C=O) groups is 1. The molecule has 1 amide bonds. The van der Waals surface area contributed by atoms with Gasteiger partial charge in [0.1, 0.15) is 5.82 Å². The Labute approximate surface area is 185 Å². The SMILES string of the molecule is CCc1nc(Nc2ccccc2)nc(Nc2ncc(C(=O)Nc3c(C)cccc3C)o2)n1. The number of hydrogen-bond donors (Lipinski definition) is 3. The first-order valence-electron chi connectivity index (χ1n) is 10.2. The summed E-state index contributed by atoms with van der Waals surface area (Å²) >= 11 is 0. The summed E-state index contributed by atoms with van der Waals surface area (Å²) < 4.78 is 5.58. The molecular weight excluding hydrogens is 406 g/mol. The lowest BCUT2D eigenvalue weighted by atomic mass is 10.1. The van der Waals surface area contributed by atoms with Crippen molar-refractivity contribution in [3.63, 3.8) is 0 Å². The van der Waals surface area contributed by atoms with E-state index in [-0.39, 0.29) is 23.6 Å². The third-order valence-corrected chi connectivity index (χ3v) is 4.70. The molecule has 0 unspecified atom stereocenters. The molecule has 9 heteroatoms. The van der Waals surface area contributed by atoms with E-state index in [9.17, 15) is 4.79 Å². The van der Waals surface area contributed by atoms with Gasteiger partial charge in [0.2, 0.25) is 17.7 Å². The molecule has 2 heterocycles. The van der Waals surface area contributed by atoms with Gasteiger partial charge < -0.3 is 15.1 Å². The number of hydrogen-bond acceptors (Lipinski definition) is 8. The molecule has 3 N–H and O–H groups in total. The molecule has 0 saturated carbocycles. The summed E-state index contributed by atoms with van der Waals surface area (Å²) in [7, 11) is 0. The summed E-state index contributed by atoms with van der Waals surface area (Å²) in [5.74, 6) is 0.936. The van der Waals surface area contributed by atoms with Crippen LogP contribution in [0.1, 0.15) is 34.4 Å². The first kappa shape index (κ1) is 21.0. The Morgan fingerprint density at radius 1 is 0.906 bits per heavy atom. The molecule has 0 aliphatic heterocycles. The summed E-state index contributed by atoms with van der Waals surface area (Å²) in [6, 6.07) is 15.5. The Balaban J connectivity index is 1.50. The highest BCUT2D eigenvalue weighted by atomic mass is 16.4. The number of nitrogens with zero attached hydrogens (tertiary/aromatic N) is 4. The highest BCUT2D eigenvalue weighted by molar-refractivity contribution is 6.03. The van der Waals surface area contributed by atoms with Crippen molar-refractivity contribution < 1.29 is 9.21 Å². The Hall–Kier alpha value is -4.27. The maximum Gasteiger partial charge on any atom is 0.302 e. The van der Waals surface area contributed by atoms with E-state index in [4.69, 9.17) is 4.42 Å². The van der Waals surface area contributed by atoms with Crippen LogP contribution in [0.4, 0.5) is 29.3 Å². The lowest BCUT2D eigenvalue weighted by molar-refractivity contribution is 0.0997. The standard InChI is InChI=1S/C23H23N7O2/c1-4-18-26-21(25-16-11-6-5-7-12-16)29-22(27-18)30-23-24-13-17(32-23)20(31)28-19-14(2)9-8-10-15(19)3/h5-13H,4H2,1-3H3,(H,28,31)(H2,24,25,26,27,29,30). The van der Waals surface area contributed by atoms with Gasteiger partial charge in [-0.2, -0.15) is 15.0 Å². The maximum atomic E-state index is 12.6. The molecule has 0 atom stereocenters. The van der Waals surface area contributed by atoms with Crippen molar-refractivity contribution in [3.05, 3.63) is 77.4 Å². The Kier molecular flexibility index (Phi) is 6.07. The van der Waals surface area contributed by atoms with Gasteiger partial charge in [0.05, 0.1) is 6.20 Å². The maximum absolute atomic E-state index is 12.6. The summed E-state index contributed by atoms with van der Waals surface area (Å²) in [6.07, 6.45) is 1.98. The predicted molar refractivity (Wildman–Crippen MR) is 123 cm³/mol. The Morgan fingerprint density at radius 3 is 2.28 bits per heavy atom. The van der Waals surface area contributed by atoms with Crippen LogP contribution in [0.25, 0.3) is 0 Å². The first-order valence-corrected chi connectivity index (χ1v) is 10.2. The number of aromatic nitrogens is 4. The molecule has 0 saturated heterocycles. The van der Waals surface area contributed by atoms with E-state index in [0.717, 1.165) is 22.5 Å². The fourth-order valence-electron chi connectivity index (χ4n) is 3.06. The Morgan fingerprint density at radius 2 is 1.59 bits per heavy atom. The van der Waals surface area contributed by atoms with Crippen molar-refractivity contribution >= 4 is 35.2 Å². The number of rotatable bonds is 7. The molecule has 0 aliphatic rings. The van der Waals surface area contributed by atoms with Gasteiger partial charge in [0.25, 0.3) is 5.91 Å². The summed E-state index contributed by atoms with van der Waals surface area (Å²) in [4.78, 5) is 29.9. The molecule has 4 rings (SSSR count). The minimum absolute atomic E-state index is 0.0718. The van der Waals surface area contributed by atoms with Gasteiger partial charge in [-0.15, -0.1) is 0 Å². The zero-order valence-corrected chi connectivity index (χ0v) is 18.0. The van der Waals surface area contributed by atoms with Crippen LogP contribution >= 0.6 is 0 Å². The van der Waals surface area contributed by atoms with Crippen molar-refractivity contribution in [2.45, 2.75) is 27.2 Å². The van der Waals surface area contributed by atoms with E-state index in [1.807, 2.05) is 69.3 Å². The Bertz CT molecular complexity index is 1220. The quantitative estimate of drug-likeness (QED) is 0.384. The van der Waals surface area contributed by atoms with Crippen LogP contribution in [-0.4, -0.2) is 25.8 Å². The zero-order valence-electron chi connectivity index (χ0n) is 18.0. The van der Waals surface area contributed by atoms with Crippen LogP contribution in [0.15, 0.2) is 59.1 Å². The van der Waals surface area contributed by atoms with Gasteiger partial charge in [-0.25, -0.2) is 4.98 Å². The topological polar surface area (TPSA) is 118 Å². The highest BCUT2D eigenvalue weighted by Crippen LogP contribution is 2.22. The molecule has 9 nitrogen and oxygen atoms in total. The van der Waals surface area contributed by atoms with E-state index in [2.05, 4.69) is 35.9 Å². The molecule has 0 fully saturated rings. The van der Waals surface area contributed by atoms with E-state index in [0.29, 0.717) is 18.2 Å². The summed E-state index contributed by atoms with van der Waals surface area (Å²) in [5, 5.41) is 8.93. The smallest absolute Gasteiger partial charge is 0.302 e. The van der Waals surface area contributed by atoms with Crippen LogP contribution in [0.2, 0.25) is 0 Å². The normalized spacial score (nSPS) is 10.6. The minimum Gasteiger partial charge on any atom is -0.418 e. The van der Waals surface area contributed by atoms with Gasteiger partial charge in [0, 0.05) is 17.8 Å². The van der Waals surface area contributed by atoms with Crippen molar-refractivity contribution in [3.8, 4) is 0 Å². The van der Waals surface area contributed by atoms with Crippen LogP contribution < -0.4 is 16.0 Å². The van der Waals surface area contributed by atoms with Gasteiger partial charge in [-0.1, -0.05) is 43.3 Å². The largest absolute Gasteiger partial charge is 0.418 e. The average Bonchev–Trinajstić information content (AvgIpc) is 3.25. The number of para-hydroxylation sites is 2. The molecular formula is C23H23N7O2. The van der Waals surface area contributed by atoms with E-state index < -0.39 is 0 Å². The third kappa shape index (κ3) is 4.89. The highest BCUT2D eigenvalue weighted by Gasteiger charge is 2.16. The number of oxazole rings is 1. The van der Waals surface area contributed by atoms with Gasteiger partial charge in [-0.05, 0) is 37.1 Å². The molecule has 0 aliphatic carbocycles. The second-order valence-corrected chi connectivity index (χ2v) is 7.12. The van der Waals surface area contributed by atoms with Gasteiger partial charge >= 0.3 is 6.01 Å². The third-order valence-electron chi connectivity index (χ3n) is 4.70. The number of carbonyl (C=O) groups excluding carboxylic acids is 1. The molecule has 0 spiro atoms. The van der Waals surface area contributed by atoms with E-state index in [1.165, 1.54) is 6.20 Å². The van der Waals surface area contributed by atoms with Crippen LogP contribution in [-0.2, 0) is 6.42 Å². The van der Waals surface area contributed by atoms with Crippen molar-refractivity contribution in [1.29, 1.82) is 0 Å². The second-order valence-electron chi connectivity index (χ2n) is 7.12. The molecule has 162 valence electrons. The fourth-order valence-corrected chi connectivity index (χ4v) is 3.06. The van der Waals surface area contributed by atoms with Gasteiger partial charge in [0.15, 0.2) is 0 Å². The first-order chi connectivity index (χ1) is 15.5. The molecule has 0 bridgehead atoms. The van der Waals surface area contributed by atoms with E-state index in [1.54, 1.807) is 0 Å². The molecule has 0 radical (unpaired) electrons. The van der Waals surface area contributed by atoms with E-state index >= 15 is 0 Å². The predicted octanol–water partition coefficient (Wildman–Crippen LogP) is 4.78. The van der Waals surface area contributed by atoms with Crippen LogP contribution in [0.3, 0.4) is 0 Å². The number of benzene rings is 2. The number of anilines is 5. The average molecular weight is 429 g/mol. The van der Waals surface area contributed by atoms with Crippen molar-refractivity contribution in [1.82, 2.24) is 19.9 Å². The minimum atomic E-state index is -0.390. The summed E-state index contributed by atoms with van der Waals surface area (Å²) in [5.41, 5.74) is 3.54. The molecule has 2 aromatic heterocycles. The molecule has 32 heavy (non-hydrogen) atoms. The summed E-state index contributed by atoms with van der Waals surface area (Å²) in [6.45, 7) is 5.82. The van der Waals surface area contributed by atoms with Gasteiger partial charge in [-0.3, -0.25) is 10.1 Å². The zero-order chi connectivity index (χ0) is 22.5. The molecule has 2 aromatic carbocycles. The monoisotopic (exact) mass is 429 g/mol.